The van der Waals surface area contributed by atoms with Gasteiger partial charge in [-0.25, -0.2) is 0 Å². The quantitative estimate of drug-likeness (QED) is 0.862. The molecule has 2 N–H and O–H groups in total. The maximum atomic E-state index is 11.6. The highest BCUT2D eigenvalue weighted by Gasteiger charge is 2.03. The highest BCUT2D eigenvalue weighted by Crippen LogP contribution is 2.22. The lowest BCUT2D eigenvalue weighted by atomic mass is 10.2. The minimum absolute atomic E-state index is 0.0959. The molecule has 0 fully saturated rings. The van der Waals surface area contributed by atoms with E-state index in [1.54, 1.807) is 24.5 Å². The number of amides is 1. The Labute approximate surface area is 127 Å². The molecule has 20 heavy (non-hydrogen) atoms. The first-order valence-corrected chi connectivity index (χ1v) is 6.84. The normalized spacial score (nSPS) is 10.5. The van der Waals surface area contributed by atoms with Gasteiger partial charge in [0.2, 0.25) is 5.91 Å². The van der Waals surface area contributed by atoms with Gasteiger partial charge in [-0.05, 0) is 29.8 Å². The van der Waals surface area contributed by atoms with Crippen molar-refractivity contribution >= 4 is 29.1 Å². The molecule has 2 aromatic rings. The molecular weight excluding hydrogens is 299 g/mol. The van der Waals surface area contributed by atoms with Crippen LogP contribution < -0.4 is 10.6 Å². The van der Waals surface area contributed by atoms with Gasteiger partial charge in [-0.2, -0.15) is 0 Å². The standard InChI is InChI=1S/C14H14Cl2N2O2/c15-12-4-3-10(6-13(12)16)7-17-9-14(19)18-8-11-2-1-5-20-11/h1-6,17H,7-9H2,(H,18,19). The lowest BCUT2D eigenvalue weighted by Gasteiger charge is -2.06. The SMILES string of the molecule is O=C(CNCc1ccc(Cl)c(Cl)c1)NCc1ccco1. The van der Waals surface area contributed by atoms with Crippen LogP contribution in [0.1, 0.15) is 11.3 Å². The van der Waals surface area contributed by atoms with E-state index in [0.29, 0.717) is 23.1 Å². The molecule has 0 aliphatic heterocycles. The Kier molecular flexibility index (Phi) is 5.47. The van der Waals surface area contributed by atoms with Gasteiger partial charge in [-0.3, -0.25) is 4.79 Å². The summed E-state index contributed by atoms with van der Waals surface area (Å²) in [4.78, 5) is 11.6. The van der Waals surface area contributed by atoms with Crippen LogP contribution >= 0.6 is 23.2 Å². The van der Waals surface area contributed by atoms with Gasteiger partial charge in [-0.15, -0.1) is 0 Å². The summed E-state index contributed by atoms with van der Waals surface area (Å²) in [6.07, 6.45) is 1.57. The molecular formula is C14H14Cl2N2O2. The number of furan rings is 1. The van der Waals surface area contributed by atoms with Gasteiger partial charge in [0.1, 0.15) is 5.76 Å². The fraction of sp³-hybridized carbons (Fsp3) is 0.214. The molecule has 1 aromatic carbocycles. The Balaban J connectivity index is 1.69. The smallest absolute Gasteiger partial charge is 0.234 e. The summed E-state index contributed by atoms with van der Waals surface area (Å²) in [6, 6.07) is 8.96. The number of carbonyl (C=O) groups is 1. The topological polar surface area (TPSA) is 54.3 Å². The molecule has 0 aliphatic rings. The summed E-state index contributed by atoms with van der Waals surface area (Å²) < 4.78 is 5.12. The second-order valence-electron chi connectivity index (χ2n) is 4.21. The predicted octanol–water partition coefficient (Wildman–Crippen LogP) is 2.99. The Morgan fingerprint density at radius 1 is 1.15 bits per heavy atom. The van der Waals surface area contributed by atoms with E-state index < -0.39 is 0 Å². The number of hydrogen-bond donors (Lipinski definition) is 2. The van der Waals surface area contributed by atoms with Crippen LogP contribution in [0.2, 0.25) is 10.0 Å². The summed E-state index contributed by atoms with van der Waals surface area (Å²) in [5.41, 5.74) is 0.971. The largest absolute Gasteiger partial charge is 0.467 e. The molecule has 0 bridgehead atoms. The molecule has 1 aromatic heterocycles. The van der Waals surface area contributed by atoms with Crippen molar-refractivity contribution in [1.29, 1.82) is 0 Å². The zero-order chi connectivity index (χ0) is 14.4. The van der Waals surface area contributed by atoms with Crippen LogP contribution in [0, 0.1) is 0 Å². The van der Waals surface area contributed by atoms with Crippen molar-refractivity contribution in [3.05, 3.63) is 58.0 Å². The molecule has 2 rings (SSSR count). The minimum Gasteiger partial charge on any atom is -0.467 e. The van der Waals surface area contributed by atoms with Crippen LogP contribution in [-0.2, 0) is 17.9 Å². The van der Waals surface area contributed by atoms with E-state index in [4.69, 9.17) is 27.6 Å². The maximum Gasteiger partial charge on any atom is 0.234 e. The number of hydrogen-bond acceptors (Lipinski definition) is 3. The highest BCUT2D eigenvalue weighted by molar-refractivity contribution is 6.42. The predicted molar refractivity (Wildman–Crippen MR) is 78.7 cm³/mol. The van der Waals surface area contributed by atoms with Crippen molar-refractivity contribution < 1.29 is 9.21 Å². The number of carbonyl (C=O) groups excluding carboxylic acids is 1. The van der Waals surface area contributed by atoms with Crippen molar-refractivity contribution in [2.75, 3.05) is 6.54 Å². The van der Waals surface area contributed by atoms with Gasteiger partial charge < -0.3 is 15.1 Å². The van der Waals surface area contributed by atoms with Crippen molar-refractivity contribution in [2.24, 2.45) is 0 Å². The molecule has 4 nitrogen and oxygen atoms in total. The summed E-state index contributed by atoms with van der Waals surface area (Å²) in [5.74, 6) is 0.629. The van der Waals surface area contributed by atoms with Crippen molar-refractivity contribution in [2.45, 2.75) is 13.1 Å². The van der Waals surface area contributed by atoms with E-state index in [-0.39, 0.29) is 12.5 Å². The molecule has 0 aliphatic carbocycles. The average molecular weight is 313 g/mol. The average Bonchev–Trinajstić information content (AvgIpc) is 2.94. The zero-order valence-corrected chi connectivity index (χ0v) is 12.2. The highest BCUT2D eigenvalue weighted by atomic mass is 35.5. The molecule has 1 amide bonds. The third kappa shape index (κ3) is 4.56. The van der Waals surface area contributed by atoms with Gasteiger partial charge in [-0.1, -0.05) is 29.3 Å². The fourth-order valence-electron chi connectivity index (χ4n) is 1.63. The van der Waals surface area contributed by atoms with E-state index in [1.165, 1.54) is 0 Å². The van der Waals surface area contributed by atoms with E-state index in [2.05, 4.69) is 10.6 Å². The van der Waals surface area contributed by atoms with Gasteiger partial charge in [0.05, 0.1) is 29.4 Å². The van der Waals surface area contributed by atoms with Crippen LogP contribution in [0.3, 0.4) is 0 Å². The number of rotatable bonds is 6. The number of halogens is 2. The monoisotopic (exact) mass is 312 g/mol. The van der Waals surface area contributed by atoms with Crippen LogP contribution in [0.15, 0.2) is 41.0 Å². The Hall–Kier alpha value is -1.49. The first kappa shape index (κ1) is 14.9. The van der Waals surface area contributed by atoms with Crippen LogP contribution in [0.5, 0.6) is 0 Å². The summed E-state index contributed by atoms with van der Waals surface area (Å²) in [7, 11) is 0. The molecule has 0 radical (unpaired) electrons. The lowest BCUT2D eigenvalue weighted by molar-refractivity contribution is -0.120. The van der Waals surface area contributed by atoms with E-state index in [1.807, 2.05) is 12.1 Å². The van der Waals surface area contributed by atoms with E-state index >= 15 is 0 Å². The third-order valence-corrected chi connectivity index (χ3v) is 3.38. The molecule has 0 spiro atoms. The van der Waals surface area contributed by atoms with Gasteiger partial charge in [0.25, 0.3) is 0 Å². The van der Waals surface area contributed by atoms with E-state index in [0.717, 1.165) is 11.3 Å². The second kappa shape index (κ2) is 7.33. The van der Waals surface area contributed by atoms with E-state index in [9.17, 15) is 4.79 Å². The third-order valence-electron chi connectivity index (χ3n) is 2.64. The second-order valence-corrected chi connectivity index (χ2v) is 5.02. The van der Waals surface area contributed by atoms with Crippen LogP contribution in [-0.4, -0.2) is 12.5 Å². The molecule has 0 saturated heterocycles. The molecule has 0 saturated carbocycles. The lowest BCUT2D eigenvalue weighted by Crippen LogP contribution is -2.33. The van der Waals surface area contributed by atoms with Crippen LogP contribution in [0.25, 0.3) is 0 Å². The Bertz CT molecular complexity index is 571. The maximum absolute atomic E-state index is 11.6. The van der Waals surface area contributed by atoms with Gasteiger partial charge in [0, 0.05) is 6.54 Å². The van der Waals surface area contributed by atoms with Crippen LogP contribution in [0.4, 0.5) is 0 Å². The summed E-state index contributed by atoms with van der Waals surface area (Å²) >= 11 is 11.7. The number of benzene rings is 1. The number of nitrogens with one attached hydrogen (secondary N) is 2. The minimum atomic E-state index is -0.0959. The summed E-state index contributed by atoms with van der Waals surface area (Å²) in [5, 5.41) is 6.81. The zero-order valence-electron chi connectivity index (χ0n) is 10.7. The Morgan fingerprint density at radius 3 is 2.70 bits per heavy atom. The van der Waals surface area contributed by atoms with Gasteiger partial charge >= 0.3 is 0 Å². The molecule has 6 heteroatoms. The summed E-state index contributed by atoms with van der Waals surface area (Å²) in [6.45, 7) is 1.16. The Morgan fingerprint density at radius 2 is 2.00 bits per heavy atom. The molecule has 0 unspecified atom stereocenters. The molecule has 106 valence electrons. The first-order valence-electron chi connectivity index (χ1n) is 6.09. The fourth-order valence-corrected chi connectivity index (χ4v) is 1.95. The van der Waals surface area contributed by atoms with Crippen molar-refractivity contribution in [3.8, 4) is 0 Å². The van der Waals surface area contributed by atoms with Gasteiger partial charge in [0.15, 0.2) is 0 Å². The first-order chi connectivity index (χ1) is 9.65. The van der Waals surface area contributed by atoms with Crippen molar-refractivity contribution in [1.82, 2.24) is 10.6 Å². The van der Waals surface area contributed by atoms with Crippen molar-refractivity contribution in [3.63, 3.8) is 0 Å². The molecule has 0 atom stereocenters. The molecule has 1 heterocycles.